The second-order valence-electron chi connectivity index (χ2n) is 10.8. The Bertz CT molecular complexity index is 1400. The summed E-state index contributed by atoms with van der Waals surface area (Å²) in [6.45, 7) is 1.80. The van der Waals surface area contributed by atoms with Gasteiger partial charge in [-0.25, -0.2) is 14.8 Å². The number of halogens is 3. The van der Waals surface area contributed by atoms with Crippen LogP contribution in [0.2, 0.25) is 0 Å². The van der Waals surface area contributed by atoms with E-state index in [1.807, 2.05) is 10.9 Å². The Kier molecular flexibility index (Phi) is 8.30. The number of anilines is 2. The van der Waals surface area contributed by atoms with Crippen LogP contribution in [-0.4, -0.2) is 85.5 Å². The molecule has 3 aromatic heterocycles. The van der Waals surface area contributed by atoms with Gasteiger partial charge in [0.1, 0.15) is 11.7 Å². The summed E-state index contributed by atoms with van der Waals surface area (Å²) in [6.07, 6.45) is 4.90. The number of hydrogen-bond donors (Lipinski definition) is 2. The molecule has 0 spiro atoms. The Balaban J connectivity index is 1.08. The Morgan fingerprint density at radius 1 is 1.00 bits per heavy atom. The van der Waals surface area contributed by atoms with Gasteiger partial charge in [0.15, 0.2) is 5.82 Å². The average molecular weight is 605 g/mol. The van der Waals surface area contributed by atoms with Gasteiger partial charge in [-0.2, -0.15) is 23.3 Å². The minimum atomic E-state index is -4.66. The van der Waals surface area contributed by atoms with Crippen LogP contribution in [-0.2, 0) is 15.7 Å². The van der Waals surface area contributed by atoms with E-state index in [1.165, 1.54) is 11.1 Å². The smallest absolute Gasteiger partial charge is 0.423 e. The van der Waals surface area contributed by atoms with Crippen molar-refractivity contribution in [3.05, 3.63) is 36.5 Å². The van der Waals surface area contributed by atoms with Crippen LogP contribution in [0.5, 0.6) is 5.88 Å². The molecule has 3 fully saturated rings. The second-order valence-corrected chi connectivity index (χ2v) is 10.8. The molecule has 43 heavy (non-hydrogen) atoms. The quantitative estimate of drug-likeness (QED) is 0.381. The van der Waals surface area contributed by atoms with Crippen molar-refractivity contribution < 1.29 is 37.3 Å². The van der Waals surface area contributed by atoms with E-state index in [0.717, 1.165) is 18.4 Å². The number of alkyl halides is 3. The highest BCUT2D eigenvalue weighted by Crippen LogP contribution is 2.36. The first-order valence-corrected chi connectivity index (χ1v) is 14.2. The van der Waals surface area contributed by atoms with Crippen LogP contribution < -0.4 is 15.0 Å². The van der Waals surface area contributed by atoms with Gasteiger partial charge in [-0.1, -0.05) is 0 Å². The van der Waals surface area contributed by atoms with Gasteiger partial charge in [-0.15, -0.1) is 0 Å². The van der Waals surface area contributed by atoms with Crippen LogP contribution in [0.3, 0.4) is 0 Å². The maximum Gasteiger partial charge on any atom is 0.423 e. The van der Waals surface area contributed by atoms with Crippen LogP contribution in [0.25, 0.3) is 11.3 Å². The minimum absolute atomic E-state index is 0.0170. The van der Waals surface area contributed by atoms with Crippen LogP contribution >= 0.6 is 0 Å². The second kappa shape index (κ2) is 12.3. The summed E-state index contributed by atoms with van der Waals surface area (Å²) in [5.41, 5.74) is 0.329. The van der Waals surface area contributed by atoms with Crippen molar-refractivity contribution >= 4 is 17.9 Å². The number of rotatable bonds is 8. The molecule has 16 heteroatoms. The highest BCUT2D eigenvalue weighted by atomic mass is 19.4. The van der Waals surface area contributed by atoms with E-state index < -0.39 is 29.8 Å². The van der Waals surface area contributed by atoms with Crippen molar-refractivity contribution in [3.8, 4) is 17.1 Å². The SMILES string of the molecule is O=C(O)N(c1cnc(-c2cnn(C3CCOCC3)c2)cn1)C1CCC(Nc2ncc(C(F)(F)F)c(OC3COC3)n2)CC1. The van der Waals surface area contributed by atoms with Gasteiger partial charge in [0, 0.05) is 43.3 Å². The predicted octanol–water partition coefficient (Wildman–Crippen LogP) is 4.19. The molecule has 0 bridgehead atoms. The number of hydrogen-bond acceptors (Lipinski definition) is 10. The first-order chi connectivity index (χ1) is 20.7. The first kappa shape index (κ1) is 29.0. The number of nitrogens with one attached hydrogen (secondary N) is 1. The van der Waals surface area contributed by atoms with Crippen molar-refractivity contribution in [1.82, 2.24) is 29.7 Å². The predicted molar refractivity (Wildman–Crippen MR) is 145 cm³/mol. The molecule has 2 N–H and O–H groups in total. The molecular weight excluding hydrogens is 573 g/mol. The van der Waals surface area contributed by atoms with Crippen LogP contribution in [0, 0.1) is 0 Å². The lowest BCUT2D eigenvalue weighted by Crippen LogP contribution is -2.44. The van der Waals surface area contributed by atoms with Crippen molar-refractivity contribution in [2.75, 3.05) is 36.6 Å². The lowest BCUT2D eigenvalue weighted by molar-refractivity contribution is -0.142. The standard InChI is InChI=1S/C27H31F3N8O5/c28-27(29,30)21-10-33-25(36-24(21)43-20-14-42-15-20)35-17-1-3-19(4-2-17)38(26(39)40)23-12-31-22(11-32-23)16-9-34-37(13-16)18-5-7-41-8-6-18/h9-13,17-20H,1-8,14-15H2,(H,39,40)(H,33,35,36). The monoisotopic (exact) mass is 604 g/mol. The molecule has 0 radical (unpaired) electrons. The van der Waals surface area contributed by atoms with E-state index in [1.54, 1.807) is 12.4 Å². The van der Waals surface area contributed by atoms with Gasteiger partial charge in [-0.05, 0) is 38.5 Å². The number of ether oxygens (including phenoxy) is 3. The van der Waals surface area contributed by atoms with Gasteiger partial charge >= 0.3 is 12.3 Å². The van der Waals surface area contributed by atoms with Gasteiger partial charge in [0.2, 0.25) is 11.8 Å². The first-order valence-electron chi connectivity index (χ1n) is 14.2. The third-order valence-corrected chi connectivity index (χ3v) is 7.89. The van der Waals surface area contributed by atoms with Gasteiger partial charge < -0.3 is 24.6 Å². The molecule has 1 amide bonds. The highest BCUT2D eigenvalue weighted by molar-refractivity contribution is 5.85. The third kappa shape index (κ3) is 6.64. The molecule has 0 unspecified atom stereocenters. The molecule has 1 aliphatic carbocycles. The summed E-state index contributed by atoms with van der Waals surface area (Å²) in [4.78, 5) is 30.2. The fraction of sp³-hybridized carbons (Fsp3) is 0.556. The molecular formula is C27H31F3N8O5. The number of aromatic nitrogens is 6. The Hall–Kier alpha value is -4.05. The molecule has 0 aromatic carbocycles. The maximum atomic E-state index is 13.4. The largest absolute Gasteiger partial charge is 0.469 e. The molecule has 2 aliphatic heterocycles. The lowest BCUT2D eigenvalue weighted by atomic mass is 9.90. The zero-order valence-corrected chi connectivity index (χ0v) is 23.1. The highest BCUT2D eigenvalue weighted by Gasteiger charge is 2.38. The van der Waals surface area contributed by atoms with E-state index in [2.05, 4.69) is 30.4 Å². The summed E-state index contributed by atoms with van der Waals surface area (Å²) >= 11 is 0. The number of carbonyl (C=O) groups is 1. The summed E-state index contributed by atoms with van der Waals surface area (Å²) in [5, 5.41) is 17.6. The third-order valence-electron chi connectivity index (χ3n) is 7.89. The van der Waals surface area contributed by atoms with Crippen molar-refractivity contribution in [3.63, 3.8) is 0 Å². The number of amides is 1. The van der Waals surface area contributed by atoms with Gasteiger partial charge in [0.05, 0.1) is 43.5 Å². The average Bonchev–Trinajstić information content (AvgIpc) is 3.47. The summed E-state index contributed by atoms with van der Waals surface area (Å²) in [5.74, 6) is -0.303. The van der Waals surface area contributed by atoms with Crippen molar-refractivity contribution in [2.45, 2.75) is 68.9 Å². The molecule has 1 saturated carbocycles. The van der Waals surface area contributed by atoms with E-state index in [-0.39, 0.29) is 43.1 Å². The van der Waals surface area contributed by atoms with Crippen molar-refractivity contribution in [2.24, 2.45) is 0 Å². The minimum Gasteiger partial charge on any atom is -0.469 e. The van der Waals surface area contributed by atoms with E-state index >= 15 is 0 Å². The fourth-order valence-electron chi connectivity index (χ4n) is 5.48. The van der Waals surface area contributed by atoms with Gasteiger partial charge in [-0.3, -0.25) is 14.6 Å². The van der Waals surface area contributed by atoms with Gasteiger partial charge in [0.25, 0.3) is 0 Å². The number of nitrogens with zero attached hydrogens (tertiary/aromatic N) is 7. The summed E-state index contributed by atoms with van der Waals surface area (Å²) in [6, 6.07) is -0.243. The van der Waals surface area contributed by atoms with Crippen molar-refractivity contribution in [1.29, 1.82) is 0 Å². The van der Waals surface area contributed by atoms with Crippen LogP contribution in [0.15, 0.2) is 31.0 Å². The molecule has 0 atom stereocenters. The lowest BCUT2D eigenvalue weighted by Gasteiger charge is -2.34. The van der Waals surface area contributed by atoms with Crippen LogP contribution in [0.1, 0.15) is 50.1 Å². The van der Waals surface area contributed by atoms with E-state index in [4.69, 9.17) is 14.2 Å². The molecule has 3 aliphatic rings. The Morgan fingerprint density at radius 3 is 2.40 bits per heavy atom. The summed E-state index contributed by atoms with van der Waals surface area (Å²) in [7, 11) is 0. The number of carboxylic acid groups (broad SMARTS) is 1. The molecule has 5 heterocycles. The summed E-state index contributed by atoms with van der Waals surface area (Å²) < 4.78 is 58.0. The molecule has 3 aromatic rings. The zero-order valence-electron chi connectivity index (χ0n) is 23.1. The molecule has 230 valence electrons. The zero-order chi connectivity index (χ0) is 30.0. The van der Waals surface area contributed by atoms with E-state index in [9.17, 15) is 23.1 Å². The van der Waals surface area contributed by atoms with Crippen LogP contribution in [0.4, 0.5) is 29.7 Å². The van der Waals surface area contributed by atoms with E-state index in [0.29, 0.717) is 50.8 Å². The Morgan fingerprint density at radius 2 is 1.77 bits per heavy atom. The fourth-order valence-corrected chi connectivity index (χ4v) is 5.48. The molecule has 2 saturated heterocycles. The molecule has 6 rings (SSSR count). The normalized spacial score (nSPS) is 21.7. The molecule has 13 nitrogen and oxygen atoms in total. The topological polar surface area (TPSA) is 150 Å². The Labute approximate surface area is 244 Å². The maximum absolute atomic E-state index is 13.4.